The van der Waals surface area contributed by atoms with E-state index >= 15 is 0 Å². The first-order chi connectivity index (χ1) is 13.0. The summed E-state index contributed by atoms with van der Waals surface area (Å²) in [5.41, 5.74) is 0. The first-order valence-corrected chi connectivity index (χ1v) is 7.92. The van der Waals surface area contributed by atoms with Crippen LogP contribution in [0.4, 0.5) is 0 Å². The molecule has 0 aliphatic heterocycles. The number of rotatable bonds is 3. The van der Waals surface area contributed by atoms with E-state index in [0.29, 0.717) is 11.5 Å². The molecule has 0 radical (unpaired) electrons. The topological polar surface area (TPSA) is 96.9 Å². The van der Waals surface area contributed by atoms with Gasteiger partial charge in [0.1, 0.15) is 17.2 Å². The van der Waals surface area contributed by atoms with Crippen LogP contribution in [0.3, 0.4) is 0 Å². The normalized spacial score (nSPS) is 8.10. The fourth-order valence-corrected chi connectivity index (χ4v) is 1.80. The molecule has 0 amide bonds. The van der Waals surface area contributed by atoms with Crippen LogP contribution in [0.15, 0.2) is 72.8 Å². The molecule has 3 aromatic rings. The zero-order chi connectivity index (χ0) is 20.1. The predicted molar refractivity (Wildman–Crippen MR) is 115 cm³/mol. The summed E-state index contributed by atoms with van der Waals surface area (Å²) in [6, 6.07) is 19.1. The molecule has 3 aromatic carbocycles. The molecule has 30 heavy (non-hydrogen) atoms. The van der Waals surface area contributed by atoms with Crippen LogP contribution in [0, 0.1) is 0 Å². The Balaban J connectivity index is -0.000000347. The molecular weight excluding hydrogens is 468 g/mol. The smallest absolute Gasteiger partial charge is 0.872 e. The van der Waals surface area contributed by atoms with E-state index in [4.69, 9.17) is 14.2 Å². The minimum Gasteiger partial charge on any atom is -0.872 e. The Morgan fingerprint density at radius 3 is 1.50 bits per heavy atom. The van der Waals surface area contributed by atoms with Crippen LogP contribution in [0.2, 0.25) is 0 Å². The van der Waals surface area contributed by atoms with Crippen molar-refractivity contribution in [2.75, 3.05) is 21.3 Å². The van der Waals surface area contributed by atoms with Crippen LogP contribution in [0.5, 0.6) is 34.5 Å². The van der Waals surface area contributed by atoms with Gasteiger partial charge in [-0.1, -0.05) is 48.2 Å². The van der Waals surface area contributed by atoms with Gasteiger partial charge in [0.25, 0.3) is 0 Å². The van der Waals surface area contributed by atoms with E-state index in [9.17, 15) is 15.3 Å². The van der Waals surface area contributed by atoms with Gasteiger partial charge in [0.05, 0.1) is 21.3 Å². The van der Waals surface area contributed by atoms with E-state index in [1.54, 1.807) is 49.6 Å². The molecule has 0 unspecified atom stereocenters. The second-order valence-electron chi connectivity index (χ2n) is 5.01. The van der Waals surface area contributed by atoms with E-state index in [1.165, 1.54) is 44.6 Å². The van der Waals surface area contributed by atoms with E-state index in [2.05, 4.69) is 0 Å². The molecule has 0 heterocycles. The van der Waals surface area contributed by atoms with Crippen LogP contribution >= 0.6 is 0 Å². The maximum absolute atomic E-state index is 10.7. The summed E-state index contributed by atoms with van der Waals surface area (Å²) in [6.45, 7) is 0. The fourth-order valence-electron chi connectivity index (χ4n) is 1.80. The SMILES string of the molecule is COc1ccc([O-])cc1.COc1cccc([O-])c1.COc1ccccc1[O-].[Ca+2].[Ca+2].[Ca+2]. The average molecular weight is 490 g/mol. The van der Waals surface area contributed by atoms with Gasteiger partial charge in [0, 0.05) is 0 Å². The summed E-state index contributed by atoms with van der Waals surface area (Å²) < 4.78 is 14.4. The van der Waals surface area contributed by atoms with Crippen LogP contribution in [-0.4, -0.2) is 135 Å². The van der Waals surface area contributed by atoms with Crippen molar-refractivity contribution in [1.29, 1.82) is 0 Å². The molecule has 6 nitrogen and oxygen atoms in total. The Morgan fingerprint density at radius 1 is 0.533 bits per heavy atom. The van der Waals surface area contributed by atoms with E-state index in [1.807, 2.05) is 0 Å². The first kappa shape index (κ1) is 34.8. The molecule has 0 saturated heterocycles. The van der Waals surface area contributed by atoms with Crippen LogP contribution in [0.1, 0.15) is 0 Å². The van der Waals surface area contributed by atoms with Gasteiger partial charge < -0.3 is 29.5 Å². The van der Waals surface area contributed by atoms with Crippen molar-refractivity contribution < 1.29 is 29.5 Å². The van der Waals surface area contributed by atoms with Crippen molar-refractivity contribution in [3.05, 3.63) is 72.8 Å². The maximum Gasteiger partial charge on any atom is 2.00 e. The number of hydrogen-bond donors (Lipinski definition) is 0. The Kier molecular flexibility index (Phi) is 24.5. The Labute approximate surface area is 267 Å². The Morgan fingerprint density at radius 2 is 1.10 bits per heavy atom. The van der Waals surface area contributed by atoms with Crippen molar-refractivity contribution in [3.8, 4) is 34.5 Å². The quantitative estimate of drug-likeness (QED) is 0.513. The number of benzene rings is 3. The summed E-state index contributed by atoms with van der Waals surface area (Å²) in [6.07, 6.45) is 0. The summed E-state index contributed by atoms with van der Waals surface area (Å²) in [5, 5.41) is 31.8. The molecule has 0 saturated carbocycles. The van der Waals surface area contributed by atoms with Crippen molar-refractivity contribution in [3.63, 3.8) is 0 Å². The molecule has 0 aliphatic rings. The fraction of sp³-hybridized carbons (Fsp3) is 0.143. The molecule has 9 heteroatoms. The molecule has 144 valence electrons. The maximum atomic E-state index is 10.7. The average Bonchev–Trinajstić information content (AvgIpc) is 2.70. The predicted octanol–water partition coefficient (Wildman–Crippen LogP) is 1.16. The molecular formula is C21H21Ca3O6+3. The van der Waals surface area contributed by atoms with Crippen molar-refractivity contribution >= 4 is 113 Å². The van der Waals surface area contributed by atoms with Gasteiger partial charge in [-0.3, -0.25) is 0 Å². The first-order valence-electron chi connectivity index (χ1n) is 7.92. The zero-order valence-electron chi connectivity index (χ0n) is 17.5. The van der Waals surface area contributed by atoms with Gasteiger partial charge >= 0.3 is 113 Å². The molecule has 0 bridgehead atoms. The van der Waals surface area contributed by atoms with E-state index < -0.39 is 0 Å². The number of para-hydroxylation sites is 2. The van der Waals surface area contributed by atoms with Gasteiger partial charge in [-0.05, 0) is 30.3 Å². The summed E-state index contributed by atoms with van der Waals surface area (Å²) in [5.74, 6) is 1.65. The molecule has 0 aliphatic carbocycles. The number of hydrogen-bond acceptors (Lipinski definition) is 6. The van der Waals surface area contributed by atoms with Crippen molar-refractivity contribution in [1.82, 2.24) is 0 Å². The third-order valence-corrected chi connectivity index (χ3v) is 3.17. The van der Waals surface area contributed by atoms with Crippen LogP contribution in [0.25, 0.3) is 0 Å². The largest absolute Gasteiger partial charge is 2.00 e. The Bertz CT molecular complexity index is 801. The Hall–Kier alpha value is 0.239. The third kappa shape index (κ3) is 15.1. The molecule has 0 N–H and O–H groups in total. The van der Waals surface area contributed by atoms with Crippen LogP contribution < -0.4 is 29.5 Å². The monoisotopic (exact) mass is 489 g/mol. The summed E-state index contributed by atoms with van der Waals surface area (Å²) in [4.78, 5) is 0. The molecule has 3 rings (SSSR count). The summed E-state index contributed by atoms with van der Waals surface area (Å²) >= 11 is 0. The second-order valence-corrected chi connectivity index (χ2v) is 5.01. The number of ether oxygens (including phenoxy) is 3. The summed E-state index contributed by atoms with van der Waals surface area (Å²) in [7, 11) is 4.59. The van der Waals surface area contributed by atoms with Gasteiger partial charge in [-0.2, -0.15) is 0 Å². The molecule has 0 fully saturated rings. The standard InChI is InChI=1S/3C7H8O2.3Ca/c1-9-7-4-2-6(8)3-5-7;1-9-7-4-2-3-6(8)5-7;1-9-7-5-3-2-4-6(7)8;;;/h3*2-5,8H,1H3;;;/q;;;3*+2/p-3. The number of methoxy groups -OCH3 is 3. The van der Waals surface area contributed by atoms with Gasteiger partial charge in [0.2, 0.25) is 0 Å². The van der Waals surface area contributed by atoms with Crippen molar-refractivity contribution in [2.24, 2.45) is 0 Å². The van der Waals surface area contributed by atoms with Gasteiger partial charge in [-0.15, -0.1) is 11.5 Å². The molecule has 0 aromatic heterocycles. The molecule has 0 spiro atoms. The third-order valence-electron chi connectivity index (χ3n) is 3.17. The minimum absolute atomic E-state index is 0. The van der Waals surface area contributed by atoms with Gasteiger partial charge in [-0.25, -0.2) is 0 Å². The minimum atomic E-state index is -0.0694. The van der Waals surface area contributed by atoms with Crippen molar-refractivity contribution in [2.45, 2.75) is 0 Å². The van der Waals surface area contributed by atoms with Crippen LogP contribution in [-0.2, 0) is 0 Å². The zero-order valence-corrected chi connectivity index (χ0v) is 24.1. The van der Waals surface area contributed by atoms with E-state index in [-0.39, 0.29) is 130 Å². The van der Waals surface area contributed by atoms with Gasteiger partial charge in [0.15, 0.2) is 0 Å². The molecule has 0 atom stereocenters. The van der Waals surface area contributed by atoms with E-state index in [0.717, 1.165) is 5.75 Å². The second kappa shape index (κ2) is 21.1.